The number of hydrogen-bond acceptors (Lipinski definition) is 5. The molecule has 1 aromatic rings. The smallest absolute Gasteiger partial charge is 0.410 e. The fraction of sp³-hybridized carbons (Fsp3) is 0.556. The highest BCUT2D eigenvalue weighted by atomic mass is 16.6. The fourth-order valence-electron chi connectivity index (χ4n) is 3.53. The third-order valence-electron chi connectivity index (χ3n) is 4.54. The molecule has 1 amide bonds. The van der Waals surface area contributed by atoms with Crippen molar-refractivity contribution in [3.05, 3.63) is 29.8 Å². The lowest BCUT2D eigenvalue weighted by Crippen LogP contribution is -2.48. The van der Waals surface area contributed by atoms with Gasteiger partial charge in [0.05, 0.1) is 12.0 Å². The summed E-state index contributed by atoms with van der Waals surface area (Å²) in [7, 11) is 0. The van der Waals surface area contributed by atoms with Gasteiger partial charge in [0.25, 0.3) is 0 Å². The second-order valence-electron chi connectivity index (χ2n) is 7.43. The number of anilines is 1. The summed E-state index contributed by atoms with van der Waals surface area (Å²) < 4.78 is 5.36. The minimum absolute atomic E-state index is 0.0379. The van der Waals surface area contributed by atoms with Gasteiger partial charge in [0, 0.05) is 24.8 Å². The molecule has 0 unspecified atom stereocenters. The molecule has 2 aliphatic heterocycles. The zero-order valence-electron chi connectivity index (χ0n) is 14.3. The van der Waals surface area contributed by atoms with Gasteiger partial charge < -0.3 is 19.5 Å². The Morgan fingerprint density at radius 3 is 2.62 bits per heavy atom. The number of amides is 1. The minimum atomic E-state index is -1.23. The van der Waals surface area contributed by atoms with Crippen LogP contribution < -0.4 is 10.0 Å². The van der Waals surface area contributed by atoms with Gasteiger partial charge in [0.15, 0.2) is 0 Å². The number of ether oxygens (including phenoxy) is 1. The molecule has 6 heteroatoms. The van der Waals surface area contributed by atoms with Crippen molar-refractivity contribution < 1.29 is 19.4 Å². The Morgan fingerprint density at radius 1 is 1.25 bits per heavy atom. The van der Waals surface area contributed by atoms with Crippen LogP contribution in [0, 0.1) is 0 Å². The molecule has 0 aliphatic carbocycles. The first kappa shape index (κ1) is 16.6. The zero-order chi connectivity index (χ0) is 17.5. The van der Waals surface area contributed by atoms with Crippen molar-refractivity contribution in [1.82, 2.24) is 4.90 Å². The molecule has 0 spiro atoms. The summed E-state index contributed by atoms with van der Waals surface area (Å²) in [5, 5.41) is 11.5. The van der Waals surface area contributed by atoms with Gasteiger partial charge in [0.2, 0.25) is 0 Å². The number of benzene rings is 1. The van der Waals surface area contributed by atoms with Gasteiger partial charge in [-0.1, -0.05) is 18.2 Å². The topological polar surface area (TPSA) is 72.9 Å². The van der Waals surface area contributed by atoms with Crippen LogP contribution in [0.15, 0.2) is 24.3 Å². The van der Waals surface area contributed by atoms with E-state index in [9.17, 15) is 14.7 Å². The highest BCUT2D eigenvalue weighted by Gasteiger charge is 2.41. The summed E-state index contributed by atoms with van der Waals surface area (Å²) in [6.07, 6.45) is 0.706. The van der Waals surface area contributed by atoms with E-state index in [4.69, 9.17) is 4.74 Å². The maximum Gasteiger partial charge on any atom is 0.410 e. The average Bonchev–Trinajstić information content (AvgIpc) is 3.09. The lowest BCUT2D eigenvalue weighted by atomic mass is 10.1. The number of rotatable bonds is 2. The molecule has 1 saturated heterocycles. The number of carbonyl (C=O) groups is 2. The number of nitrogens with zero attached hydrogens (tertiary/aromatic N) is 2. The number of carboxylic acids is 1. The average molecular weight is 331 g/mol. The Morgan fingerprint density at radius 2 is 1.96 bits per heavy atom. The van der Waals surface area contributed by atoms with E-state index < -0.39 is 23.7 Å². The largest absolute Gasteiger partial charge is 0.548 e. The van der Waals surface area contributed by atoms with Crippen LogP contribution in [0.1, 0.15) is 32.8 Å². The van der Waals surface area contributed by atoms with E-state index >= 15 is 0 Å². The lowest BCUT2D eigenvalue weighted by molar-refractivity contribution is -0.310. The van der Waals surface area contributed by atoms with Gasteiger partial charge in [-0.3, -0.25) is 4.90 Å². The second-order valence-corrected chi connectivity index (χ2v) is 7.43. The van der Waals surface area contributed by atoms with E-state index in [0.717, 1.165) is 18.7 Å². The molecular weight excluding hydrogens is 308 g/mol. The summed E-state index contributed by atoms with van der Waals surface area (Å²) >= 11 is 0. The molecule has 2 heterocycles. The Hall–Kier alpha value is -2.24. The molecule has 24 heavy (non-hydrogen) atoms. The molecule has 1 fully saturated rings. The first-order chi connectivity index (χ1) is 11.3. The Bertz CT molecular complexity index is 653. The van der Waals surface area contributed by atoms with Gasteiger partial charge >= 0.3 is 6.09 Å². The van der Waals surface area contributed by atoms with Gasteiger partial charge in [-0.25, -0.2) is 4.79 Å². The van der Waals surface area contributed by atoms with Crippen LogP contribution in [0.25, 0.3) is 0 Å². The minimum Gasteiger partial charge on any atom is -0.548 e. The molecule has 0 aromatic heterocycles. The maximum absolute atomic E-state index is 12.4. The molecule has 2 aliphatic rings. The van der Waals surface area contributed by atoms with Gasteiger partial charge in [-0.05, 0) is 45.2 Å². The van der Waals surface area contributed by atoms with Crippen molar-refractivity contribution in [2.75, 3.05) is 18.0 Å². The highest BCUT2D eigenvalue weighted by Crippen LogP contribution is 2.34. The van der Waals surface area contributed by atoms with E-state index in [-0.39, 0.29) is 6.04 Å². The number of aliphatic carboxylic acids is 1. The van der Waals surface area contributed by atoms with Crippen LogP contribution in [-0.2, 0) is 16.0 Å². The Kier molecular flexibility index (Phi) is 4.15. The fourth-order valence-corrected chi connectivity index (χ4v) is 3.53. The number of para-hydroxylation sites is 1. The summed E-state index contributed by atoms with van der Waals surface area (Å²) in [4.78, 5) is 27.4. The SMILES string of the molecule is CC(C)(C)OC(=O)N1C[C@@H](N2CCc3ccccc32)C[C@H]1C(=O)[O-]. The second kappa shape index (κ2) is 6.00. The van der Waals surface area contributed by atoms with E-state index in [1.807, 2.05) is 18.2 Å². The van der Waals surface area contributed by atoms with Crippen molar-refractivity contribution in [3.8, 4) is 0 Å². The molecule has 0 N–H and O–H groups in total. The van der Waals surface area contributed by atoms with E-state index in [0.29, 0.717) is 13.0 Å². The number of likely N-dealkylation sites (tertiary alicyclic amines) is 1. The summed E-state index contributed by atoms with van der Waals surface area (Å²) in [6, 6.07) is 7.14. The number of hydrogen-bond donors (Lipinski definition) is 0. The van der Waals surface area contributed by atoms with Crippen LogP contribution in [-0.4, -0.2) is 47.7 Å². The molecule has 6 nitrogen and oxygen atoms in total. The monoisotopic (exact) mass is 331 g/mol. The van der Waals surface area contributed by atoms with Crippen LogP contribution in [0.5, 0.6) is 0 Å². The maximum atomic E-state index is 12.4. The van der Waals surface area contributed by atoms with Crippen LogP contribution >= 0.6 is 0 Å². The molecule has 2 atom stereocenters. The molecule has 0 bridgehead atoms. The molecule has 130 valence electrons. The van der Waals surface area contributed by atoms with Gasteiger partial charge in [-0.2, -0.15) is 0 Å². The molecule has 0 radical (unpaired) electrons. The quantitative estimate of drug-likeness (QED) is 0.813. The summed E-state index contributed by atoms with van der Waals surface area (Å²) in [6.45, 7) is 6.48. The summed E-state index contributed by atoms with van der Waals surface area (Å²) in [5.74, 6) is -1.23. The predicted octanol–water partition coefficient (Wildman–Crippen LogP) is 1.18. The standard InChI is InChI=1S/C18H24N2O4/c1-18(2,3)24-17(23)20-11-13(10-15(20)16(21)22)19-9-8-12-6-4-5-7-14(12)19/h4-7,13,15H,8-11H2,1-3H3,(H,21,22)/p-1/t13-,15-/m0/s1. The van der Waals surface area contributed by atoms with Crippen molar-refractivity contribution in [3.63, 3.8) is 0 Å². The van der Waals surface area contributed by atoms with Crippen LogP contribution in [0.2, 0.25) is 0 Å². The van der Waals surface area contributed by atoms with Crippen LogP contribution in [0.4, 0.5) is 10.5 Å². The molecule has 1 aromatic carbocycles. The molecule has 0 saturated carbocycles. The Balaban J connectivity index is 1.79. The van der Waals surface area contributed by atoms with Gasteiger partial charge in [-0.15, -0.1) is 0 Å². The van der Waals surface area contributed by atoms with E-state index in [1.165, 1.54) is 10.5 Å². The number of carboxylic acid groups (broad SMARTS) is 1. The lowest BCUT2D eigenvalue weighted by Gasteiger charge is -2.29. The van der Waals surface area contributed by atoms with Crippen LogP contribution in [0.3, 0.4) is 0 Å². The molecule has 3 rings (SSSR count). The van der Waals surface area contributed by atoms with E-state index in [2.05, 4.69) is 11.0 Å². The number of carbonyl (C=O) groups excluding carboxylic acids is 2. The van der Waals surface area contributed by atoms with E-state index in [1.54, 1.807) is 20.8 Å². The first-order valence-corrected chi connectivity index (χ1v) is 8.31. The predicted molar refractivity (Wildman–Crippen MR) is 87.6 cm³/mol. The third-order valence-corrected chi connectivity index (χ3v) is 4.54. The van der Waals surface area contributed by atoms with Gasteiger partial charge in [0.1, 0.15) is 5.60 Å². The van der Waals surface area contributed by atoms with Crippen molar-refractivity contribution in [2.45, 2.75) is 51.3 Å². The van der Waals surface area contributed by atoms with Crippen molar-refractivity contribution in [2.24, 2.45) is 0 Å². The summed E-state index contributed by atoms with van der Waals surface area (Å²) in [5.41, 5.74) is 1.73. The van der Waals surface area contributed by atoms with Crippen molar-refractivity contribution in [1.29, 1.82) is 0 Å². The Labute approximate surface area is 142 Å². The zero-order valence-corrected chi connectivity index (χ0v) is 14.3. The number of fused-ring (bicyclic) bond motifs is 1. The highest BCUT2D eigenvalue weighted by molar-refractivity contribution is 5.80. The first-order valence-electron chi connectivity index (χ1n) is 8.31. The molecular formula is C18H23N2O4-. The van der Waals surface area contributed by atoms with Crippen molar-refractivity contribution >= 4 is 17.7 Å². The normalized spacial score (nSPS) is 23.3. The third kappa shape index (κ3) is 3.18.